The number of piperidine rings is 1. The number of ketones is 1. The molecular formula is C18H18BrN3O2. The molecule has 5 aliphatic rings. The Morgan fingerprint density at radius 1 is 1.42 bits per heavy atom. The predicted octanol–water partition coefficient (Wildman–Crippen LogP) is 1.55. The van der Waals surface area contributed by atoms with Gasteiger partial charge in [-0.1, -0.05) is 22.0 Å². The first-order chi connectivity index (χ1) is 11.6. The maximum atomic E-state index is 13.1. The zero-order valence-electron chi connectivity index (χ0n) is 13.1. The number of aliphatic hydroxyl groups excluding tert-OH is 1. The van der Waals surface area contributed by atoms with E-state index in [4.69, 9.17) is 0 Å². The van der Waals surface area contributed by atoms with Gasteiger partial charge in [0, 0.05) is 33.9 Å². The molecule has 4 unspecified atom stereocenters. The summed E-state index contributed by atoms with van der Waals surface area (Å²) in [6.07, 6.45) is 6.52. The number of Topliss-reactive ketones (excluding diaryl/α,β-unsaturated/α-hetero) is 1. The number of nitrogens with one attached hydrogen (secondary N) is 2. The van der Waals surface area contributed by atoms with E-state index in [2.05, 4.69) is 37.2 Å². The van der Waals surface area contributed by atoms with Crippen LogP contribution >= 0.6 is 15.9 Å². The van der Waals surface area contributed by atoms with Gasteiger partial charge < -0.3 is 20.3 Å². The third-order valence-corrected chi connectivity index (χ3v) is 7.35. The monoisotopic (exact) mass is 387 g/mol. The minimum Gasteiger partial charge on any atom is -0.386 e. The fraction of sp³-hybridized carbons (Fsp3) is 0.500. The van der Waals surface area contributed by atoms with Crippen LogP contribution in [0.25, 0.3) is 5.70 Å². The Morgan fingerprint density at radius 2 is 2.29 bits per heavy atom. The first-order valence-corrected chi connectivity index (χ1v) is 9.46. The van der Waals surface area contributed by atoms with E-state index in [-0.39, 0.29) is 23.3 Å². The quantitative estimate of drug-likeness (QED) is 0.631. The summed E-state index contributed by atoms with van der Waals surface area (Å²) in [5.74, 6) is 0.171. The van der Waals surface area contributed by atoms with Gasteiger partial charge in [0.2, 0.25) is 5.78 Å². The number of H-pyrrole nitrogens is 1. The summed E-state index contributed by atoms with van der Waals surface area (Å²) in [5.41, 5.74) is 5.45. The Kier molecular flexibility index (Phi) is 2.45. The summed E-state index contributed by atoms with van der Waals surface area (Å²) in [6, 6.07) is -0.146. The van der Waals surface area contributed by atoms with Gasteiger partial charge in [0.25, 0.3) is 0 Å². The molecule has 5 nitrogen and oxygen atoms in total. The van der Waals surface area contributed by atoms with Gasteiger partial charge in [0.15, 0.2) is 0 Å². The number of fused-ring (bicyclic) bond motifs is 2. The lowest BCUT2D eigenvalue weighted by molar-refractivity contribution is 0.0511. The van der Waals surface area contributed by atoms with Gasteiger partial charge in [0.1, 0.15) is 6.10 Å². The van der Waals surface area contributed by atoms with Crippen LogP contribution in [0.5, 0.6) is 0 Å². The van der Waals surface area contributed by atoms with Crippen molar-refractivity contribution in [3.8, 4) is 0 Å². The van der Waals surface area contributed by atoms with Crippen LogP contribution in [0.1, 0.15) is 34.5 Å². The second-order valence-electron chi connectivity index (χ2n) is 7.67. The van der Waals surface area contributed by atoms with Crippen molar-refractivity contribution in [3.63, 3.8) is 0 Å². The molecule has 1 spiro atoms. The molecule has 1 aromatic rings. The number of aromatic nitrogens is 1. The Labute approximate surface area is 147 Å². The predicted molar refractivity (Wildman–Crippen MR) is 92.7 cm³/mol. The number of aromatic amines is 1. The number of allylic oxidation sites excluding steroid dienone is 1. The zero-order chi connectivity index (χ0) is 16.2. The van der Waals surface area contributed by atoms with Crippen molar-refractivity contribution in [1.82, 2.24) is 15.2 Å². The molecule has 1 fully saturated rings. The first kappa shape index (κ1) is 13.9. The van der Waals surface area contributed by atoms with Crippen LogP contribution in [0, 0.1) is 5.41 Å². The molecule has 3 N–H and O–H groups in total. The van der Waals surface area contributed by atoms with Crippen LogP contribution < -0.4 is 5.32 Å². The Morgan fingerprint density at radius 3 is 3.17 bits per heavy atom. The highest BCUT2D eigenvalue weighted by molar-refractivity contribution is 9.11. The van der Waals surface area contributed by atoms with Crippen molar-refractivity contribution >= 4 is 27.4 Å². The van der Waals surface area contributed by atoms with E-state index < -0.39 is 6.10 Å². The highest BCUT2D eigenvalue weighted by atomic mass is 79.9. The lowest BCUT2D eigenvalue weighted by atomic mass is 9.58. The van der Waals surface area contributed by atoms with Crippen LogP contribution in [0.3, 0.4) is 0 Å². The zero-order valence-corrected chi connectivity index (χ0v) is 14.7. The number of aliphatic hydroxyl groups is 1. The SMILES string of the molecule is O=C1c2[nH]cc3c2C2=C4C1NCCC41C=C(Br)C(O)C(C1)N2CC3. The summed E-state index contributed by atoms with van der Waals surface area (Å²) in [7, 11) is 0. The number of rotatable bonds is 0. The van der Waals surface area contributed by atoms with Crippen molar-refractivity contribution in [3.05, 3.63) is 39.1 Å². The molecule has 6 rings (SSSR count). The van der Waals surface area contributed by atoms with E-state index in [1.54, 1.807) is 0 Å². The largest absolute Gasteiger partial charge is 0.386 e. The van der Waals surface area contributed by atoms with Crippen LogP contribution in [0.15, 0.2) is 22.3 Å². The summed E-state index contributed by atoms with van der Waals surface area (Å²) < 4.78 is 0.879. The normalized spacial score (nSPS) is 38.9. The first-order valence-electron chi connectivity index (χ1n) is 8.66. The standard InChI is InChI=1S/C18H18BrN3O2/c19-9-5-18-2-3-20-14-12(18)15-11-8(7-21-13(11)17(14)24)1-4-22(15)10(6-18)16(9)23/h5,7,10,14,16,20-21,23H,1-4,6H2. The highest BCUT2D eigenvalue weighted by Gasteiger charge is 2.57. The number of hydrogen-bond acceptors (Lipinski definition) is 4. The lowest BCUT2D eigenvalue weighted by Gasteiger charge is -2.58. The molecule has 1 aromatic heterocycles. The van der Waals surface area contributed by atoms with Crippen LogP contribution in [-0.4, -0.2) is 52.1 Å². The molecule has 0 aromatic carbocycles. The number of halogens is 1. The van der Waals surface area contributed by atoms with Crippen molar-refractivity contribution in [1.29, 1.82) is 0 Å². The molecule has 3 aliphatic heterocycles. The number of nitrogens with zero attached hydrogens (tertiary/aromatic N) is 1. The average Bonchev–Trinajstić information content (AvgIpc) is 3.01. The summed E-state index contributed by atoms with van der Waals surface area (Å²) in [4.78, 5) is 18.7. The Balaban J connectivity index is 1.73. The van der Waals surface area contributed by atoms with E-state index in [0.717, 1.165) is 48.1 Å². The number of carbonyl (C=O) groups is 1. The third kappa shape index (κ3) is 1.39. The van der Waals surface area contributed by atoms with Gasteiger partial charge in [-0.05, 0) is 36.9 Å². The van der Waals surface area contributed by atoms with E-state index in [9.17, 15) is 9.90 Å². The molecule has 24 heavy (non-hydrogen) atoms. The molecular weight excluding hydrogens is 370 g/mol. The minimum absolute atomic E-state index is 0.0889. The Bertz CT molecular complexity index is 870. The second-order valence-corrected chi connectivity index (χ2v) is 8.59. The van der Waals surface area contributed by atoms with Crippen molar-refractivity contribution in [2.75, 3.05) is 13.1 Å². The number of carbonyl (C=O) groups excluding carboxylic acids is 1. The molecule has 124 valence electrons. The van der Waals surface area contributed by atoms with E-state index in [0.29, 0.717) is 0 Å². The van der Waals surface area contributed by atoms with Crippen LogP contribution in [0.4, 0.5) is 0 Å². The summed E-state index contributed by atoms with van der Waals surface area (Å²) in [5, 5.41) is 14.2. The van der Waals surface area contributed by atoms with Crippen LogP contribution in [0.2, 0.25) is 0 Å². The molecule has 4 atom stereocenters. The van der Waals surface area contributed by atoms with Gasteiger partial charge in [0.05, 0.1) is 17.8 Å². The summed E-state index contributed by atoms with van der Waals surface area (Å²) in [6.45, 7) is 1.73. The maximum Gasteiger partial charge on any atom is 0.200 e. The topological polar surface area (TPSA) is 68.4 Å². The molecule has 0 radical (unpaired) electrons. The molecule has 4 heterocycles. The smallest absolute Gasteiger partial charge is 0.200 e. The van der Waals surface area contributed by atoms with Gasteiger partial charge >= 0.3 is 0 Å². The maximum absolute atomic E-state index is 13.1. The Hall–Kier alpha value is -1.37. The lowest BCUT2D eigenvalue weighted by Crippen LogP contribution is -2.62. The molecule has 0 amide bonds. The van der Waals surface area contributed by atoms with Crippen molar-refractivity contribution < 1.29 is 9.90 Å². The van der Waals surface area contributed by atoms with Gasteiger partial charge in [-0.15, -0.1) is 0 Å². The van der Waals surface area contributed by atoms with E-state index >= 15 is 0 Å². The summed E-state index contributed by atoms with van der Waals surface area (Å²) >= 11 is 3.61. The molecule has 2 bridgehead atoms. The number of hydrogen-bond donors (Lipinski definition) is 3. The highest BCUT2D eigenvalue weighted by Crippen LogP contribution is 2.58. The molecule has 6 heteroatoms. The van der Waals surface area contributed by atoms with Crippen molar-refractivity contribution in [2.45, 2.75) is 37.5 Å². The van der Waals surface area contributed by atoms with Gasteiger partial charge in [-0.2, -0.15) is 0 Å². The second kappa shape index (κ2) is 4.23. The fourth-order valence-electron chi connectivity index (χ4n) is 5.67. The fourth-order valence-corrected chi connectivity index (χ4v) is 6.41. The molecule has 2 aliphatic carbocycles. The van der Waals surface area contributed by atoms with Crippen molar-refractivity contribution in [2.24, 2.45) is 5.41 Å². The van der Waals surface area contributed by atoms with Gasteiger partial charge in [-0.3, -0.25) is 4.79 Å². The minimum atomic E-state index is -0.486. The van der Waals surface area contributed by atoms with Gasteiger partial charge in [-0.25, -0.2) is 0 Å². The van der Waals surface area contributed by atoms with E-state index in [1.165, 1.54) is 16.8 Å². The average molecular weight is 388 g/mol. The molecule has 0 saturated carbocycles. The third-order valence-electron chi connectivity index (χ3n) is 6.65. The molecule has 1 saturated heterocycles. The van der Waals surface area contributed by atoms with E-state index in [1.807, 2.05) is 6.20 Å². The van der Waals surface area contributed by atoms with Crippen LogP contribution in [-0.2, 0) is 6.42 Å².